The van der Waals surface area contributed by atoms with Gasteiger partial charge in [-0.15, -0.1) is 11.6 Å². The fourth-order valence-electron chi connectivity index (χ4n) is 1.98. The Hall–Kier alpha value is -0.990. The minimum absolute atomic E-state index is 0.473. The van der Waals surface area contributed by atoms with Crippen molar-refractivity contribution in [2.45, 2.75) is 26.3 Å². The first-order valence-corrected chi connectivity index (χ1v) is 7.47. The van der Waals surface area contributed by atoms with Crippen LogP contribution in [0.1, 0.15) is 22.3 Å². The Morgan fingerprint density at radius 3 is 2.42 bits per heavy atom. The van der Waals surface area contributed by atoms with Gasteiger partial charge in [0, 0.05) is 10.4 Å². The summed E-state index contributed by atoms with van der Waals surface area (Å²) < 4.78 is 6.89. The van der Waals surface area contributed by atoms with E-state index < -0.39 is 0 Å². The Morgan fingerprint density at radius 1 is 1.11 bits per heavy atom. The third-order valence-corrected chi connectivity index (χ3v) is 4.25. The van der Waals surface area contributed by atoms with E-state index in [1.807, 2.05) is 18.2 Å². The fraction of sp³-hybridized carbons (Fsp3) is 0.250. The number of aryl methyl sites for hydroxylation is 2. The van der Waals surface area contributed by atoms with E-state index in [9.17, 15) is 0 Å². The van der Waals surface area contributed by atoms with Crippen LogP contribution in [-0.4, -0.2) is 0 Å². The highest BCUT2D eigenvalue weighted by Crippen LogP contribution is 2.25. The van der Waals surface area contributed by atoms with Crippen molar-refractivity contribution < 1.29 is 4.74 Å². The first-order chi connectivity index (χ1) is 9.11. The Labute approximate surface area is 127 Å². The van der Waals surface area contributed by atoms with E-state index in [0.717, 1.165) is 15.8 Å². The number of benzene rings is 2. The molecule has 0 spiro atoms. The zero-order valence-corrected chi connectivity index (χ0v) is 13.4. The number of rotatable bonds is 4. The highest BCUT2D eigenvalue weighted by atomic mass is 79.9. The summed E-state index contributed by atoms with van der Waals surface area (Å²) in [5, 5.41) is 0. The van der Waals surface area contributed by atoms with Crippen molar-refractivity contribution in [3.05, 3.63) is 63.1 Å². The minimum Gasteiger partial charge on any atom is -0.489 e. The van der Waals surface area contributed by atoms with E-state index >= 15 is 0 Å². The Balaban J connectivity index is 2.15. The van der Waals surface area contributed by atoms with Crippen LogP contribution in [0, 0.1) is 13.8 Å². The molecule has 0 aliphatic rings. The molecule has 0 aliphatic heterocycles. The Morgan fingerprint density at radius 2 is 1.79 bits per heavy atom. The number of hydrogen-bond acceptors (Lipinski definition) is 1. The fourth-order valence-corrected chi connectivity index (χ4v) is 2.74. The van der Waals surface area contributed by atoms with Crippen LogP contribution in [0.2, 0.25) is 0 Å². The molecule has 3 heteroatoms. The molecule has 0 amide bonds. The van der Waals surface area contributed by atoms with Gasteiger partial charge in [-0.1, -0.05) is 34.1 Å². The lowest BCUT2D eigenvalue weighted by atomic mass is 10.0. The molecule has 0 atom stereocenters. The van der Waals surface area contributed by atoms with Gasteiger partial charge < -0.3 is 4.74 Å². The van der Waals surface area contributed by atoms with Gasteiger partial charge in [-0.05, 0) is 54.3 Å². The van der Waals surface area contributed by atoms with Gasteiger partial charge >= 0.3 is 0 Å². The molecule has 0 fully saturated rings. The Kier molecular flexibility index (Phi) is 4.89. The van der Waals surface area contributed by atoms with Crippen LogP contribution >= 0.6 is 27.5 Å². The van der Waals surface area contributed by atoms with Crippen molar-refractivity contribution in [3.8, 4) is 5.75 Å². The maximum absolute atomic E-state index is 5.89. The van der Waals surface area contributed by atoms with Gasteiger partial charge in [-0.2, -0.15) is 0 Å². The molecule has 19 heavy (non-hydrogen) atoms. The van der Waals surface area contributed by atoms with Gasteiger partial charge in [0.15, 0.2) is 0 Å². The van der Waals surface area contributed by atoms with Crippen molar-refractivity contribution >= 4 is 27.5 Å². The molecule has 0 saturated carbocycles. The van der Waals surface area contributed by atoms with Crippen molar-refractivity contribution in [2.24, 2.45) is 0 Å². The van der Waals surface area contributed by atoms with Crippen LogP contribution in [0.25, 0.3) is 0 Å². The summed E-state index contributed by atoms with van der Waals surface area (Å²) in [6.07, 6.45) is 0. The van der Waals surface area contributed by atoms with Gasteiger partial charge in [0.1, 0.15) is 12.4 Å². The average molecular weight is 340 g/mol. The molecule has 0 aliphatic carbocycles. The molecule has 100 valence electrons. The van der Waals surface area contributed by atoms with Gasteiger partial charge in [0.25, 0.3) is 0 Å². The largest absolute Gasteiger partial charge is 0.489 e. The molecule has 2 aromatic rings. The lowest BCUT2D eigenvalue weighted by Crippen LogP contribution is -2.00. The molecule has 2 rings (SSSR count). The number of alkyl halides is 1. The summed E-state index contributed by atoms with van der Waals surface area (Å²) in [4.78, 5) is 0. The topological polar surface area (TPSA) is 9.23 Å². The molecule has 2 aromatic carbocycles. The van der Waals surface area contributed by atoms with E-state index in [-0.39, 0.29) is 0 Å². The number of halogens is 2. The number of ether oxygens (including phenoxy) is 1. The molecule has 0 unspecified atom stereocenters. The smallest absolute Gasteiger partial charge is 0.120 e. The van der Waals surface area contributed by atoms with Gasteiger partial charge in [0.2, 0.25) is 0 Å². The summed E-state index contributed by atoms with van der Waals surface area (Å²) in [6, 6.07) is 12.2. The lowest BCUT2D eigenvalue weighted by Gasteiger charge is -2.12. The van der Waals surface area contributed by atoms with Gasteiger partial charge in [-0.3, -0.25) is 0 Å². The summed E-state index contributed by atoms with van der Waals surface area (Å²) in [5.41, 5.74) is 4.81. The molecule has 0 radical (unpaired) electrons. The molecule has 0 N–H and O–H groups in total. The van der Waals surface area contributed by atoms with Crippen molar-refractivity contribution in [1.82, 2.24) is 0 Å². The van der Waals surface area contributed by atoms with Crippen molar-refractivity contribution in [1.29, 1.82) is 0 Å². The molecular formula is C16H16BrClO. The third-order valence-electron chi connectivity index (χ3n) is 3.19. The van der Waals surface area contributed by atoms with E-state index in [2.05, 4.69) is 48.0 Å². The maximum Gasteiger partial charge on any atom is 0.120 e. The Bertz CT molecular complexity index is 561. The highest BCUT2D eigenvalue weighted by Gasteiger charge is 2.05. The van der Waals surface area contributed by atoms with Crippen molar-refractivity contribution in [2.75, 3.05) is 0 Å². The standard InChI is InChI=1S/C16H16BrClO/c1-11-4-3-5-12(2)15(11)10-19-14-6-7-16(17)13(8-14)9-18/h3-8H,9-10H2,1-2H3. The van der Waals surface area contributed by atoms with E-state index in [1.54, 1.807) is 0 Å². The predicted octanol–water partition coefficient (Wildman–Crippen LogP) is 5.38. The van der Waals surface area contributed by atoms with Crippen LogP contribution in [0.3, 0.4) is 0 Å². The second-order valence-electron chi connectivity index (χ2n) is 4.55. The van der Waals surface area contributed by atoms with Crippen LogP contribution in [0.15, 0.2) is 40.9 Å². The normalized spacial score (nSPS) is 10.5. The van der Waals surface area contributed by atoms with Crippen LogP contribution in [0.5, 0.6) is 5.75 Å². The van der Waals surface area contributed by atoms with Crippen LogP contribution in [-0.2, 0) is 12.5 Å². The molecule has 0 heterocycles. The van der Waals surface area contributed by atoms with Crippen LogP contribution < -0.4 is 4.74 Å². The monoisotopic (exact) mass is 338 g/mol. The van der Waals surface area contributed by atoms with E-state index in [1.165, 1.54) is 16.7 Å². The number of hydrogen-bond donors (Lipinski definition) is 0. The highest BCUT2D eigenvalue weighted by molar-refractivity contribution is 9.10. The zero-order valence-electron chi connectivity index (χ0n) is 11.0. The lowest BCUT2D eigenvalue weighted by molar-refractivity contribution is 0.304. The summed E-state index contributed by atoms with van der Waals surface area (Å²) in [6.45, 7) is 4.80. The molecule has 1 nitrogen and oxygen atoms in total. The minimum atomic E-state index is 0.473. The second kappa shape index (κ2) is 6.44. The SMILES string of the molecule is Cc1cccc(C)c1COc1ccc(Br)c(CCl)c1. The van der Waals surface area contributed by atoms with Gasteiger partial charge in [0.05, 0.1) is 0 Å². The van der Waals surface area contributed by atoms with Crippen LogP contribution in [0.4, 0.5) is 0 Å². The van der Waals surface area contributed by atoms with E-state index in [0.29, 0.717) is 12.5 Å². The average Bonchev–Trinajstić information content (AvgIpc) is 2.40. The van der Waals surface area contributed by atoms with E-state index in [4.69, 9.17) is 16.3 Å². The maximum atomic E-state index is 5.89. The molecule has 0 aromatic heterocycles. The molecule has 0 bridgehead atoms. The first-order valence-electron chi connectivity index (χ1n) is 6.14. The van der Waals surface area contributed by atoms with Gasteiger partial charge in [-0.25, -0.2) is 0 Å². The first kappa shape index (κ1) is 14.4. The zero-order chi connectivity index (χ0) is 13.8. The summed E-state index contributed by atoms with van der Waals surface area (Å²) >= 11 is 9.36. The summed E-state index contributed by atoms with van der Waals surface area (Å²) in [7, 11) is 0. The predicted molar refractivity (Wildman–Crippen MR) is 83.9 cm³/mol. The summed E-state index contributed by atoms with van der Waals surface area (Å²) in [5.74, 6) is 1.32. The second-order valence-corrected chi connectivity index (χ2v) is 5.67. The molecular weight excluding hydrogens is 324 g/mol. The van der Waals surface area contributed by atoms with Crippen molar-refractivity contribution in [3.63, 3.8) is 0 Å². The molecule has 0 saturated heterocycles. The third kappa shape index (κ3) is 3.52. The quantitative estimate of drug-likeness (QED) is 0.679.